The van der Waals surface area contributed by atoms with Crippen LogP contribution < -0.4 is 0 Å². The standard InChI is InChI=1S/C38H71NO9/c1-6-8-9-16-21-26-34(40)45-30-23-18-14-11-15-20-25-32-47-37(43)38(7-2,48-35(41)27-28-39(3)4)33-36(42)46-31-24-19-13-10-12-17-22-29-44-5/h6-33H2,1-5H3. The number of carbonyl (C=O) groups is 4. The first kappa shape index (κ1) is 45.8. The maximum atomic E-state index is 13.3. The molecule has 0 N–H and O–H groups in total. The molecular weight excluding hydrogens is 614 g/mol. The van der Waals surface area contributed by atoms with Crippen LogP contribution in [-0.2, 0) is 42.9 Å². The summed E-state index contributed by atoms with van der Waals surface area (Å²) >= 11 is 0. The van der Waals surface area contributed by atoms with Crippen molar-refractivity contribution in [2.45, 2.75) is 167 Å². The van der Waals surface area contributed by atoms with Crippen LogP contribution in [0.25, 0.3) is 0 Å². The lowest BCUT2D eigenvalue weighted by molar-refractivity contribution is -0.188. The summed E-state index contributed by atoms with van der Waals surface area (Å²) in [6.07, 6.45) is 20.0. The molecule has 1 unspecified atom stereocenters. The van der Waals surface area contributed by atoms with E-state index >= 15 is 0 Å². The third-order valence-electron chi connectivity index (χ3n) is 8.47. The van der Waals surface area contributed by atoms with Gasteiger partial charge in [-0.2, -0.15) is 0 Å². The third-order valence-corrected chi connectivity index (χ3v) is 8.47. The van der Waals surface area contributed by atoms with Crippen LogP contribution in [0.15, 0.2) is 0 Å². The molecule has 282 valence electrons. The number of hydrogen-bond donors (Lipinski definition) is 0. The molecule has 0 aliphatic heterocycles. The van der Waals surface area contributed by atoms with Gasteiger partial charge in [-0.05, 0) is 52.6 Å². The minimum Gasteiger partial charge on any atom is -0.466 e. The summed E-state index contributed by atoms with van der Waals surface area (Å²) in [5.74, 6) is -1.88. The van der Waals surface area contributed by atoms with Crippen molar-refractivity contribution in [1.82, 2.24) is 4.90 Å². The highest BCUT2D eigenvalue weighted by molar-refractivity contribution is 5.88. The molecule has 0 bridgehead atoms. The highest BCUT2D eigenvalue weighted by Gasteiger charge is 2.45. The average molecular weight is 686 g/mol. The Bertz CT molecular complexity index is 820. The van der Waals surface area contributed by atoms with Gasteiger partial charge in [0.25, 0.3) is 0 Å². The van der Waals surface area contributed by atoms with Crippen LogP contribution in [0, 0.1) is 0 Å². The summed E-state index contributed by atoms with van der Waals surface area (Å²) in [5.41, 5.74) is -1.69. The predicted octanol–water partition coefficient (Wildman–Crippen LogP) is 8.12. The molecule has 0 fully saturated rings. The van der Waals surface area contributed by atoms with E-state index in [9.17, 15) is 19.2 Å². The highest BCUT2D eigenvalue weighted by atomic mass is 16.6. The molecule has 0 aliphatic carbocycles. The molecule has 1 atom stereocenters. The summed E-state index contributed by atoms with van der Waals surface area (Å²) in [6.45, 7) is 6.13. The quantitative estimate of drug-likeness (QED) is 0.0373. The Morgan fingerprint density at radius 1 is 0.521 bits per heavy atom. The molecule has 0 aromatic rings. The second-order valence-electron chi connectivity index (χ2n) is 13.2. The number of methoxy groups -OCH3 is 1. The number of ether oxygens (including phenoxy) is 5. The molecule has 0 heterocycles. The van der Waals surface area contributed by atoms with Crippen LogP contribution in [0.5, 0.6) is 0 Å². The minimum atomic E-state index is -1.69. The van der Waals surface area contributed by atoms with Gasteiger partial charge in [-0.25, -0.2) is 4.79 Å². The molecule has 48 heavy (non-hydrogen) atoms. The number of unbranched alkanes of at least 4 members (excludes halogenated alkanes) is 16. The van der Waals surface area contributed by atoms with Gasteiger partial charge in [0, 0.05) is 26.7 Å². The van der Waals surface area contributed by atoms with E-state index in [2.05, 4.69) is 6.92 Å². The Morgan fingerprint density at radius 3 is 1.48 bits per heavy atom. The van der Waals surface area contributed by atoms with Gasteiger partial charge in [0.1, 0.15) is 0 Å². The van der Waals surface area contributed by atoms with E-state index in [0.29, 0.717) is 26.0 Å². The zero-order chi connectivity index (χ0) is 35.7. The van der Waals surface area contributed by atoms with E-state index < -0.39 is 23.5 Å². The first-order chi connectivity index (χ1) is 23.2. The lowest BCUT2D eigenvalue weighted by Gasteiger charge is -2.29. The number of nitrogens with zero attached hydrogens (tertiary/aromatic N) is 1. The SMILES string of the molecule is CCCCCCCC(=O)OCCCCCCCCCOC(=O)C(CC)(CC(=O)OCCCCCCCCCOC)OC(=O)CCN(C)C. The molecule has 0 amide bonds. The number of carbonyl (C=O) groups excluding carboxylic acids is 4. The van der Waals surface area contributed by atoms with Crippen molar-refractivity contribution >= 4 is 23.9 Å². The zero-order valence-electron chi connectivity index (χ0n) is 31.4. The largest absolute Gasteiger partial charge is 0.466 e. The number of esters is 4. The molecule has 0 spiro atoms. The summed E-state index contributed by atoms with van der Waals surface area (Å²) < 4.78 is 27.1. The van der Waals surface area contributed by atoms with Gasteiger partial charge in [-0.1, -0.05) is 104 Å². The van der Waals surface area contributed by atoms with Gasteiger partial charge in [-0.15, -0.1) is 0 Å². The van der Waals surface area contributed by atoms with Crippen molar-refractivity contribution in [2.75, 3.05) is 54.2 Å². The van der Waals surface area contributed by atoms with E-state index in [1.165, 1.54) is 25.7 Å². The Balaban J connectivity index is 4.43. The summed E-state index contributed by atoms with van der Waals surface area (Å²) in [6, 6.07) is 0. The van der Waals surface area contributed by atoms with Crippen LogP contribution in [0.2, 0.25) is 0 Å². The fourth-order valence-corrected chi connectivity index (χ4v) is 5.29. The lowest BCUT2D eigenvalue weighted by atomic mass is 9.96. The third kappa shape index (κ3) is 26.7. The summed E-state index contributed by atoms with van der Waals surface area (Å²) in [4.78, 5) is 52.4. The van der Waals surface area contributed by atoms with Gasteiger partial charge in [0.05, 0.1) is 32.7 Å². The van der Waals surface area contributed by atoms with Crippen LogP contribution in [0.1, 0.15) is 162 Å². The molecule has 0 aromatic carbocycles. The van der Waals surface area contributed by atoms with E-state index in [1.54, 1.807) is 14.0 Å². The molecule has 0 saturated heterocycles. The van der Waals surface area contributed by atoms with Crippen molar-refractivity contribution < 1.29 is 42.9 Å². The van der Waals surface area contributed by atoms with E-state index in [0.717, 1.165) is 96.5 Å². The highest BCUT2D eigenvalue weighted by Crippen LogP contribution is 2.25. The Labute approximate surface area is 292 Å². The van der Waals surface area contributed by atoms with Crippen molar-refractivity contribution in [2.24, 2.45) is 0 Å². The lowest BCUT2D eigenvalue weighted by Crippen LogP contribution is -2.46. The molecule has 0 rings (SSSR count). The zero-order valence-corrected chi connectivity index (χ0v) is 31.4. The maximum Gasteiger partial charge on any atom is 0.351 e. The molecule has 10 heteroatoms. The van der Waals surface area contributed by atoms with Gasteiger partial charge in [0.2, 0.25) is 5.60 Å². The smallest absolute Gasteiger partial charge is 0.351 e. The van der Waals surface area contributed by atoms with Gasteiger partial charge in [0.15, 0.2) is 0 Å². The average Bonchev–Trinajstić information content (AvgIpc) is 3.06. The normalized spacial score (nSPS) is 12.5. The Hall–Kier alpha value is -2.20. The second-order valence-corrected chi connectivity index (χ2v) is 13.2. The fraction of sp³-hybridized carbons (Fsp3) is 0.895. The second kappa shape index (κ2) is 32.0. The molecule has 10 nitrogen and oxygen atoms in total. The van der Waals surface area contributed by atoms with E-state index in [-0.39, 0.29) is 38.4 Å². The number of rotatable bonds is 34. The predicted molar refractivity (Wildman–Crippen MR) is 190 cm³/mol. The van der Waals surface area contributed by atoms with Gasteiger partial charge < -0.3 is 28.6 Å². The maximum absolute atomic E-state index is 13.3. The summed E-state index contributed by atoms with van der Waals surface area (Å²) in [5, 5.41) is 0. The van der Waals surface area contributed by atoms with Crippen LogP contribution in [0.3, 0.4) is 0 Å². The topological polar surface area (TPSA) is 118 Å². The molecule has 0 aliphatic rings. The van der Waals surface area contributed by atoms with E-state index in [4.69, 9.17) is 23.7 Å². The fourth-order valence-electron chi connectivity index (χ4n) is 5.29. The van der Waals surface area contributed by atoms with Crippen LogP contribution in [0.4, 0.5) is 0 Å². The minimum absolute atomic E-state index is 0.0838. The summed E-state index contributed by atoms with van der Waals surface area (Å²) in [7, 11) is 5.42. The first-order valence-electron chi connectivity index (χ1n) is 19.0. The Kier molecular flexibility index (Phi) is 30.6. The van der Waals surface area contributed by atoms with Crippen molar-refractivity contribution in [1.29, 1.82) is 0 Å². The monoisotopic (exact) mass is 686 g/mol. The molecule has 0 aromatic heterocycles. The van der Waals surface area contributed by atoms with Crippen LogP contribution in [-0.4, -0.2) is 88.6 Å². The molecule has 0 saturated carbocycles. The van der Waals surface area contributed by atoms with Crippen molar-refractivity contribution in [3.63, 3.8) is 0 Å². The molecule has 0 radical (unpaired) electrons. The Morgan fingerprint density at radius 2 is 0.979 bits per heavy atom. The van der Waals surface area contributed by atoms with E-state index in [1.807, 2.05) is 19.0 Å². The number of hydrogen-bond acceptors (Lipinski definition) is 10. The van der Waals surface area contributed by atoms with Crippen molar-refractivity contribution in [3.05, 3.63) is 0 Å². The van der Waals surface area contributed by atoms with Gasteiger partial charge >= 0.3 is 23.9 Å². The molecular formula is C38H71NO9. The van der Waals surface area contributed by atoms with Crippen LogP contribution >= 0.6 is 0 Å². The van der Waals surface area contributed by atoms with Gasteiger partial charge in [-0.3, -0.25) is 14.4 Å². The first-order valence-corrected chi connectivity index (χ1v) is 19.0. The van der Waals surface area contributed by atoms with Crippen molar-refractivity contribution in [3.8, 4) is 0 Å².